The normalized spacial score (nSPS) is 12.2. The molecule has 0 bridgehead atoms. The Morgan fingerprint density at radius 3 is 2.38 bits per heavy atom. The summed E-state index contributed by atoms with van der Waals surface area (Å²) in [6.07, 6.45) is 1.86. The monoisotopic (exact) mass is 174 g/mol. The topological polar surface area (TPSA) is 17.1 Å². The number of allylic oxidation sites excluding steroid dienone is 2. The molecule has 0 aliphatic rings. The highest BCUT2D eigenvalue weighted by molar-refractivity contribution is 6.08. The van der Waals surface area contributed by atoms with Gasteiger partial charge in [0.05, 0.1) is 0 Å². The third kappa shape index (κ3) is 2.28. The number of carbonyl (C=O) groups excluding carboxylic acids is 1. The van der Waals surface area contributed by atoms with Gasteiger partial charge in [0.1, 0.15) is 0 Å². The molecule has 68 valence electrons. The number of aldehydes is 1. The lowest BCUT2D eigenvalue weighted by atomic mass is 10.0. The Labute approximate surface area is 79.1 Å². The van der Waals surface area contributed by atoms with Crippen LogP contribution in [0.15, 0.2) is 35.9 Å². The van der Waals surface area contributed by atoms with E-state index in [1.54, 1.807) is 0 Å². The molecule has 0 aliphatic heterocycles. The van der Waals surface area contributed by atoms with Crippen molar-refractivity contribution in [3.8, 4) is 0 Å². The fraction of sp³-hybridized carbons (Fsp3) is 0.250. The molecule has 0 radical (unpaired) electrons. The minimum absolute atomic E-state index is 0.822. The molecule has 1 heteroatoms. The average molecular weight is 174 g/mol. The van der Waals surface area contributed by atoms with Crippen LogP contribution in [0.25, 0.3) is 5.57 Å². The summed E-state index contributed by atoms with van der Waals surface area (Å²) in [5.41, 5.74) is 2.97. The minimum atomic E-state index is 0.822. The molecule has 1 aromatic rings. The first-order chi connectivity index (χ1) is 6.29. The summed E-state index contributed by atoms with van der Waals surface area (Å²) < 4.78 is 0. The Bertz CT molecular complexity index is 309. The average Bonchev–Trinajstić information content (AvgIpc) is 2.20. The second-order valence-electron chi connectivity index (χ2n) is 3.03. The maximum absolute atomic E-state index is 10.8. The zero-order valence-electron chi connectivity index (χ0n) is 8.08. The lowest BCUT2D eigenvalue weighted by molar-refractivity contribution is -0.103. The Morgan fingerprint density at radius 2 is 1.92 bits per heavy atom. The smallest absolute Gasteiger partial charge is 0.150 e. The number of benzene rings is 1. The predicted octanol–water partition coefficient (Wildman–Crippen LogP) is 3.07. The summed E-state index contributed by atoms with van der Waals surface area (Å²) >= 11 is 0. The molecule has 0 saturated carbocycles. The van der Waals surface area contributed by atoms with Crippen molar-refractivity contribution >= 4 is 11.9 Å². The van der Waals surface area contributed by atoms with E-state index in [1.807, 2.05) is 37.3 Å². The maximum atomic E-state index is 10.8. The van der Waals surface area contributed by atoms with Gasteiger partial charge in [-0.2, -0.15) is 0 Å². The van der Waals surface area contributed by atoms with Crippen molar-refractivity contribution in [1.82, 2.24) is 0 Å². The van der Waals surface area contributed by atoms with E-state index < -0.39 is 0 Å². The van der Waals surface area contributed by atoms with Crippen LogP contribution >= 0.6 is 0 Å². The Kier molecular flexibility index (Phi) is 3.44. The van der Waals surface area contributed by atoms with Crippen molar-refractivity contribution in [2.24, 2.45) is 0 Å². The van der Waals surface area contributed by atoms with Gasteiger partial charge in [-0.15, -0.1) is 0 Å². The zero-order valence-corrected chi connectivity index (χ0v) is 8.08. The number of carbonyl (C=O) groups is 1. The molecule has 0 aromatic heterocycles. The third-order valence-corrected chi connectivity index (χ3v) is 2.19. The first kappa shape index (κ1) is 9.72. The van der Waals surface area contributed by atoms with Crippen LogP contribution in [0.5, 0.6) is 0 Å². The minimum Gasteiger partial charge on any atom is -0.298 e. The quantitative estimate of drug-likeness (QED) is 0.508. The Morgan fingerprint density at radius 1 is 1.31 bits per heavy atom. The van der Waals surface area contributed by atoms with Gasteiger partial charge in [0.25, 0.3) is 0 Å². The van der Waals surface area contributed by atoms with Crippen molar-refractivity contribution < 1.29 is 4.79 Å². The molecule has 0 spiro atoms. The van der Waals surface area contributed by atoms with E-state index in [0.29, 0.717) is 0 Å². The summed E-state index contributed by atoms with van der Waals surface area (Å²) in [5, 5.41) is 0. The van der Waals surface area contributed by atoms with Crippen molar-refractivity contribution in [3.63, 3.8) is 0 Å². The van der Waals surface area contributed by atoms with E-state index in [2.05, 4.69) is 6.92 Å². The largest absolute Gasteiger partial charge is 0.298 e. The predicted molar refractivity (Wildman–Crippen MR) is 55.4 cm³/mol. The molecule has 0 fully saturated rings. The van der Waals surface area contributed by atoms with Gasteiger partial charge in [0.2, 0.25) is 0 Å². The van der Waals surface area contributed by atoms with Gasteiger partial charge in [0, 0.05) is 5.57 Å². The molecule has 0 amide bonds. The summed E-state index contributed by atoms with van der Waals surface area (Å²) in [5.74, 6) is 0. The van der Waals surface area contributed by atoms with Crippen LogP contribution in [-0.2, 0) is 4.79 Å². The van der Waals surface area contributed by atoms with E-state index in [9.17, 15) is 4.79 Å². The molecule has 13 heavy (non-hydrogen) atoms. The molecule has 1 aromatic carbocycles. The first-order valence-electron chi connectivity index (χ1n) is 4.50. The van der Waals surface area contributed by atoms with Crippen LogP contribution in [0, 0.1) is 0 Å². The van der Waals surface area contributed by atoms with Gasteiger partial charge < -0.3 is 0 Å². The molecule has 1 rings (SSSR count). The molecule has 1 nitrogen and oxygen atoms in total. The molecule has 0 saturated heterocycles. The third-order valence-electron chi connectivity index (χ3n) is 2.19. The van der Waals surface area contributed by atoms with Gasteiger partial charge >= 0.3 is 0 Å². The molecule has 0 aliphatic carbocycles. The summed E-state index contributed by atoms with van der Waals surface area (Å²) in [7, 11) is 0. The number of rotatable bonds is 3. The second-order valence-corrected chi connectivity index (χ2v) is 3.03. The van der Waals surface area contributed by atoms with E-state index in [0.717, 1.165) is 29.4 Å². The summed E-state index contributed by atoms with van der Waals surface area (Å²) in [6, 6.07) is 9.77. The lowest BCUT2D eigenvalue weighted by Crippen LogP contribution is -1.89. The SMILES string of the molecule is CCC(C)=C(C=O)c1ccccc1. The molecule has 0 atom stereocenters. The van der Waals surface area contributed by atoms with Gasteiger partial charge in [-0.1, -0.05) is 42.8 Å². The maximum Gasteiger partial charge on any atom is 0.150 e. The van der Waals surface area contributed by atoms with Crippen LogP contribution in [0.2, 0.25) is 0 Å². The van der Waals surface area contributed by atoms with Crippen molar-refractivity contribution in [3.05, 3.63) is 41.5 Å². The Balaban J connectivity index is 3.12. The van der Waals surface area contributed by atoms with Crippen LogP contribution in [0.3, 0.4) is 0 Å². The highest BCUT2D eigenvalue weighted by Gasteiger charge is 2.01. The van der Waals surface area contributed by atoms with Gasteiger partial charge in [-0.05, 0) is 18.9 Å². The fourth-order valence-corrected chi connectivity index (χ4v) is 1.22. The van der Waals surface area contributed by atoms with Gasteiger partial charge in [-0.25, -0.2) is 0 Å². The van der Waals surface area contributed by atoms with Crippen molar-refractivity contribution in [2.75, 3.05) is 0 Å². The van der Waals surface area contributed by atoms with E-state index >= 15 is 0 Å². The number of hydrogen-bond donors (Lipinski definition) is 0. The van der Waals surface area contributed by atoms with Gasteiger partial charge in [0.15, 0.2) is 6.29 Å². The fourth-order valence-electron chi connectivity index (χ4n) is 1.22. The van der Waals surface area contributed by atoms with Crippen LogP contribution in [-0.4, -0.2) is 6.29 Å². The zero-order chi connectivity index (χ0) is 9.68. The lowest BCUT2D eigenvalue weighted by Gasteiger charge is -2.03. The second kappa shape index (κ2) is 4.61. The standard InChI is InChI=1S/C12H14O/c1-3-10(2)12(9-13)11-7-5-4-6-8-11/h4-9H,3H2,1-2H3. The molecule has 0 unspecified atom stereocenters. The molecular weight excluding hydrogens is 160 g/mol. The summed E-state index contributed by atoms with van der Waals surface area (Å²) in [6.45, 7) is 4.05. The highest BCUT2D eigenvalue weighted by atomic mass is 16.1. The summed E-state index contributed by atoms with van der Waals surface area (Å²) in [4.78, 5) is 10.8. The van der Waals surface area contributed by atoms with Crippen LogP contribution in [0.1, 0.15) is 25.8 Å². The van der Waals surface area contributed by atoms with Crippen molar-refractivity contribution in [1.29, 1.82) is 0 Å². The van der Waals surface area contributed by atoms with Gasteiger partial charge in [-0.3, -0.25) is 4.79 Å². The molecule has 0 heterocycles. The van der Waals surface area contributed by atoms with E-state index in [4.69, 9.17) is 0 Å². The van der Waals surface area contributed by atoms with Crippen LogP contribution < -0.4 is 0 Å². The molecule has 0 N–H and O–H groups in total. The number of hydrogen-bond acceptors (Lipinski definition) is 1. The van der Waals surface area contributed by atoms with E-state index in [-0.39, 0.29) is 0 Å². The molecular formula is C12H14O. The van der Waals surface area contributed by atoms with Crippen LogP contribution in [0.4, 0.5) is 0 Å². The highest BCUT2D eigenvalue weighted by Crippen LogP contribution is 2.17. The Hall–Kier alpha value is -1.37. The van der Waals surface area contributed by atoms with Crippen molar-refractivity contribution in [2.45, 2.75) is 20.3 Å². The first-order valence-corrected chi connectivity index (χ1v) is 4.50. The van der Waals surface area contributed by atoms with E-state index in [1.165, 1.54) is 0 Å².